The molecule has 242 valence electrons. The second kappa shape index (κ2) is 11.6. The van der Waals surface area contributed by atoms with Crippen molar-refractivity contribution in [3.8, 4) is 33.4 Å². The maximum Gasteiger partial charge on any atom is 0.0508 e. The zero-order valence-corrected chi connectivity index (χ0v) is 29.4. The highest BCUT2D eigenvalue weighted by Crippen LogP contribution is 2.54. The fourth-order valence-electron chi connectivity index (χ4n) is 8.49. The van der Waals surface area contributed by atoms with Crippen LogP contribution < -0.4 is 4.90 Å². The number of hydrogen-bond acceptors (Lipinski definition) is 2. The molecule has 0 saturated carbocycles. The minimum atomic E-state index is -0.162. The van der Waals surface area contributed by atoms with Gasteiger partial charge in [-0.1, -0.05) is 153 Å². The Kier molecular flexibility index (Phi) is 6.78. The molecule has 2 heteroatoms. The molecule has 0 fully saturated rings. The van der Waals surface area contributed by atoms with Gasteiger partial charge in [0.2, 0.25) is 0 Å². The van der Waals surface area contributed by atoms with Gasteiger partial charge in [-0.05, 0) is 91.7 Å². The molecule has 0 N–H and O–H groups in total. The molecule has 1 aliphatic rings. The van der Waals surface area contributed by atoms with Gasteiger partial charge in [0.25, 0.3) is 0 Å². The van der Waals surface area contributed by atoms with Gasteiger partial charge in [0, 0.05) is 37.0 Å². The first-order valence-corrected chi connectivity index (χ1v) is 18.5. The molecule has 0 aliphatic heterocycles. The van der Waals surface area contributed by atoms with E-state index in [1.807, 2.05) is 11.3 Å². The van der Waals surface area contributed by atoms with Crippen molar-refractivity contribution >= 4 is 59.3 Å². The van der Waals surface area contributed by atoms with Crippen LogP contribution in [0.15, 0.2) is 176 Å². The molecule has 0 radical (unpaired) electrons. The zero-order chi connectivity index (χ0) is 34.1. The summed E-state index contributed by atoms with van der Waals surface area (Å²) >= 11 is 1.88. The molecule has 10 rings (SSSR count). The minimum absolute atomic E-state index is 0.162. The van der Waals surface area contributed by atoms with Gasteiger partial charge in [-0.2, -0.15) is 0 Å². The lowest BCUT2D eigenvalue weighted by atomic mass is 9.81. The van der Waals surface area contributed by atoms with Crippen LogP contribution >= 0.6 is 11.3 Å². The molecule has 9 aromatic rings. The normalized spacial score (nSPS) is 13.1. The van der Waals surface area contributed by atoms with Crippen LogP contribution in [0.5, 0.6) is 0 Å². The number of thiophene rings is 1. The van der Waals surface area contributed by atoms with Gasteiger partial charge in [-0.15, -0.1) is 11.3 Å². The highest BCUT2D eigenvalue weighted by Gasteiger charge is 2.38. The summed E-state index contributed by atoms with van der Waals surface area (Å²) in [6.45, 7) is 4.75. The molecule has 1 aliphatic carbocycles. The van der Waals surface area contributed by atoms with Crippen LogP contribution in [0.4, 0.5) is 17.1 Å². The summed E-state index contributed by atoms with van der Waals surface area (Å²) in [5, 5.41) is 5.17. The van der Waals surface area contributed by atoms with E-state index in [9.17, 15) is 0 Å². The third-order valence-corrected chi connectivity index (χ3v) is 12.1. The lowest BCUT2D eigenvalue weighted by Crippen LogP contribution is -2.20. The summed E-state index contributed by atoms with van der Waals surface area (Å²) < 4.78 is 2.67. The van der Waals surface area contributed by atoms with Gasteiger partial charge in [-0.25, -0.2) is 0 Å². The summed E-state index contributed by atoms with van der Waals surface area (Å²) in [6, 6.07) is 64.8. The Bertz CT molecular complexity index is 2780. The fourth-order valence-corrected chi connectivity index (χ4v) is 9.73. The number of benzene rings is 8. The summed E-state index contributed by atoms with van der Waals surface area (Å²) in [4.78, 5) is 2.48. The predicted octanol–water partition coefficient (Wildman–Crippen LogP) is 14.3. The molecule has 8 aromatic carbocycles. The van der Waals surface area contributed by atoms with E-state index in [0.717, 1.165) is 11.4 Å². The van der Waals surface area contributed by atoms with E-state index >= 15 is 0 Å². The lowest BCUT2D eigenvalue weighted by molar-refractivity contribution is 0.661. The number of fused-ring (bicyclic) bond motifs is 7. The Morgan fingerprint density at radius 2 is 1.10 bits per heavy atom. The van der Waals surface area contributed by atoms with E-state index in [1.165, 1.54) is 81.1 Å². The lowest BCUT2D eigenvalue weighted by Gasteiger charge is -2.32. The van der Waals surface area contributed by atoms with E-state index < -0.39 is 0 Å². The molecule has 0 spiro atoms. The topological polar surface area (TPSA) is 3.24 Å². The molecule has 0 amide bonds. The monoisotopic (exact) mass is 669 g/mol. The summed E-state index contributed by atoms with van der Waals surface area (Å²) in [6.07, 6.45) is 0. The van der Waals surface area contributed by atoms with Crippen molar-refractivity contribution in [2.45, 2.75) is 19.3 Å². The van der Waals surface area contributed by atoms with Crippen LogP contribution in [0.3, 0.4) is 0 Å². The van der Waals surface area contributed by atoms with Crippen LogP contribution in [0.25, 0.3) is 64.3 Å². The molecule has 0 atom stereocenters. The maximum absolute atomic E-state index is 2.48. The van der Waals surface area contributed by atoms with Gasteiger partial charge < -0.3 is 4.90 Å². The van der Waals surface area contributed by atoms with Crippen LogP contribution in [0, 0.1) is 0 Å². The Morgan fingerprint density at radius 3 is 2.00 bits per heavy atom. The number of rotatable bonds is 5. The Balaban J connectivity index is 1.16. The van der Waals surface area contributed by atoms with Crippen molar-refractivity contribution in [1.82, 2.24) is 0 Å². The van der Waals surface area contributed by atoms with Gasteiger partial charge in [0.1, 0.15) is 0 Å². The third-order valence-electron chi connectivity index (χ3n) is 10.8. The van der Waals surface area contributed by atoms with E-state index in [-0.39, 0.29) is 5.41 Å². The van der Waals surface area contributed by atoms with Crippen molar-refractivity contribution in [1.29, 1.82) is 0 Å². The van der Waals surface area contributed by atoms with E-state index in [2.05, 4.69) is 195 Å². The Hall–Kier alpha value is -5.96. The van der Waals surface area contributed by atoms with E-state index in [0.29, 0.717) is 0 Å². The molecular formula is C49H35NS. The van der Waals surface area contributed by atoms with E-state index in [4.69, 9.17) is 0 Å². The molecule has 1 heterocycles. The molecule has 0 saturated heterocycles. The zero-order valence-electron chi connectivity index (χ0n) is 28.6. The first kappa shape index (κ1) is 29.9. The first-order valence-electron chi connectivity index (χ1n) is 17.7. The Labute approximate surface area is 302 Å². The fraction of sp³-hybridized carbons (Fsp3) is 0.0612. The molecule has 1 nitrogen and oxygen atoms in total. The van der Waals surface area contributed by atoms with Crippen molar-refractivity contribution in [3.63, 3.8) is 0 Å². The van der Waals surface area contributed by atoms with Gasteiger partial charge >= 0.3 is 0 Å². The van der Waals surface area contributed by atoms with Crippen LogP contribution in [-0.4, -0.2) is 0 Å². The smallest absolute Gasteiger partial charge is 0.0508 e. The largest absolute Gasteiger partial charge is 0.310 e. The number of hydrogen-bond donors (Lipinski definition) is 0. The molecule has 0 bridgehead atoms. The quantitative estimate of drug-likeness (QED) is 0.176. The SMILES string of the molecule is CC1(C)c2ccccc2-c2cccc(N(c3ccc(-c4cccc5c4sc4ccccc45)cc3)c3cccc(-c4cccc5ccccc45)c3)c21. The second-order valence-electron chi connectivity index (χ2n) is 14.1. The predicted molar refractivity (Wildman–Crippen MR) is 220 cm³/mol. The summed E-state index contributed by atoms with van der Waals surface area (Å²) in [7, 11) is 0. The maximum atomic E-state index is 2.48. The van der Waals surface area contributed by atoms with Gasteiger partial charge in [-0.3, -0.25) is 0 Å². The molecule has 0 unspecified atom stereocenters. The van der Waals surface area contributed by atoms with Crippen LogP contribution in [-0.2, 0) is 5.41 Å². The molecular weight excluding hydrogens is 635 g/mol. The average molecular weight is 670 g/mol. The average Bonchev–Trinajstić information content (AvgIpc) is 3.68. The van der Waals surface area contributed by atoms with Gasteiger partial charge in [0.15, 0.2) is 0 Å². The van der Waals surface area contributed by atoms with Crippen LogP contribution in [0.1, 0.15) is 25.0 Å². The van der Waals surface area contributed by atoms with Crippen molar-refractivity contribution in [2.24, 2.45) is 0 Å². The second-order valence-corrected chi connectivity index (χ2v) is 15.2. The van der Waals surface area contributed by atoms with E-state index in [1.54, 1.807) is 0 Å². The minimum Gasteiger partial charge on any atom is -0.310 e. The number of nitrogens with zero attached hydrogens (tertiary/aromatic N) is 1. The van der Waals surface area contributed by atoms with Crippen molar-refractivity contribution in [2.75, 3.05) is 4.90 Å². The highest BCUT2D eigenvalue weighted by atomic mass is 32.1. The standard InChI is InChI=1S/C49H35NS/c1-49(2)44-24-7-5-18-40(44)42-22-12-25-45(47(42)49)50(36-16-9-15-34(31-36)38-20-10-14-32-13-3-4-17-37(32)38)35-29-27-33(28-30-35)39-21-11-23-43-41-19-6-8-26-46(41)51-48(39)43/h3-31H,1-2H3. The van der Waals surface area contributed by atoms with Crippen molar-refractivity contribution < 1.29 is 0 Å². The van der Waals surface area contributed by atoms with Crippen molar-refractivity contribution in [3.05, 3.63) is 187 Å². The third kappa shape index (κ3) is 4.67. The Morgan fingerprint density at radius 1 is 0.451 bits per heavy atom. The van der Waals surface area contributed by atoms with Gasteiger partial charge in [0.05, 0.1) is 5.69 Å². The molecule has 51 heavy (non-hydrogen) atoms. The number of anilines is 3. The molecule has 1 aromatic heterocycles. The summed E-state index contributed by atoms with van der Waals surface area (Å²) in [5.41, 5.74) is 13.7. The highest BCUT2D eigenvalue weighted by molar-refractivity contribution is 7.26. The first-order chi connectivity index (χ1) is 25.1. The van der Waals surface area contributed by atoms with Crippen LogP contribution in [0.2, 0.25) is 0 Å². The summed E-state index contributed by atoms with van der Waals surface area (Å²) in [5.74, 6) is 0.